The number of carbonyl (C=O) groups excluding carboxylic acids is 1. The van der Waals surface area contributed by atoms with Gasteiger partial charge in [-0.1, -0.05) is 44.0 Å². The van der Waals surface area contributed by atoms with Gasteiger partial charge in [0.25, 0.3) is 0 Å². The number of aromatic nitrogens is 3. The van der Waals surface area contributed by atoms with Crippen molar-refractivity contribution in [3.05, 3.63) is 83.3 Å². The Morgan fingerprint density at radius 1 is 1.11 bits per heavy atom. The van der Waals surface area contributed by atoms with Crippen molar-refractivity contribution in [2.24, 2.45) is 0 Å². The molecule has 0 aliphatic carbocycles. The van der Waals surface area contributed by atoms with Gasteiger partial charge in [-0.15, -0.1) is 5.92 Å². The molecule has 2 aromatic heterocycles. The number of hydrogen-bond donors (Lipinski definition) is 0. The van der Waals surface area contributed by atoms with Gasteiger partial charge in [-0.2, -0.15) is 10.4 Å². The van der Waals surface area contributed by atoms with Crippen LogP contribution in [-0.2, 0) is 16.1 Å². The van der Waals surface area contributed by atoms with Gasteiger partial charge in [-0.25, -0.2) is 9.50 Å². The van der Waals surface area contributed by atoms with Crippen molar-refractivity contribution >= 4 is 11.6 Å². The zero-order chi connectivity index (χ0) is 27.1. The molecule has 0 saturated carbocycles. The summed E-state index contributed by atoms with van der Waals surface area (Å²) in [6, 6.07) is 19.3. The number of benzene rings is 2. The Kier molecular flexibility index (Phi) is 8.40. The smallest absolute Gasteiger partial charge is 0.307 e. The Hall–Kier alpha value is -4.62. The Balaban J connectivity index is 1.57. The summed E-state index contributed by atoms with van der Waals surface area (Å²) in [6.07, 6.45) is 2.14. The van der Waals surface area contributed by atoms with Crippen LogP contribution >= 0.6 is 0 Å². The van der Waals surface area contributed by atoms with Gasteiger partial charge in [0.1, 0.15) is 12.4 Å². The van der Waals surface area contributed by atoms with Crippen LogP contribution in [0.25, 0.3) is 16.8 Å². The van der Waals surface area contributed by atoms with E-state index in [1.807, 2.05) is 42.6 Å². The fraction of sp³-hybridized carbons (Fsp3) is 0.290. The van der Waals surface area contributed by atoms with Gasteiger partial charge in [-0.3, -0.25) is 4.79 Å². The van der Waals surface area contributed by atoms with Crippen LogP contribution in [0.4, 0.5) is 0 Å². The average molecular weight is 507 g/mol. The first-order valence-electron chi connectivity index (χ1n) is 12.6. The van der Waals surface area contributed by atoms with Crippen LogP contribution in [0.2, 0.25) is 0 Å². The van der Waals surface area contributed by atoms with Crippen molar-refractivity contribution in [3.63, 3.8) is 0 Å². The molecule has 0 amide bonds. The molecule has 0 fully saturated rings. The quantitative estimate of drug-likeness (QED) is 0.203. The summed E-state index contributed by atoms with van der Waals surface area (Å²) in [5, 5.41) is 13.9. The van der Waals surface area contributed by atoms with Crippen LogP contribution < -0.4 is 4.74 Å². The van der Waals surface area contributed by atoms with E-state index in [0.717, 1.165) is 33.7 Å². The van der Waals surface area contributed by atoms with Gasteiger partial charge < -0.3 is 9.47 Å². The molecule has 0 radical (unpaired) electrons. The van der Waals surface area contributed by atoms with E-state index in [2.05, 4.69) is 42.9 Å². The highest BCUT2D eigenvalue weighted by Gasteiger charge is 2.16. The number of esters is 1. The third-order valence-electron chi connectivity index (χ3n) is 6.03. The molecule has 7 nitrogen and oxygen atoms in total. The monoisotopic (exact) mass is 506 g/mol. The molecule has 0 unspecified atom stereocenters. The molecule has 0 bridgehead atoms. The Labute approximate surface area is 223 Å². The fourth-order valence-corrected chi connectivity index (χ4v) is 4.09. The molecule has 38 heavy (non-hydrogen) atoms. The van der Waals surface area contributed by atoms with Gasteiger partial charge in [0, 0.05) is 23.2 Å². The van der Waals surface area contributed by atoms with Gasteiger partial charge in [0.15, 0.2) is 11.5 Å². The third kappa shape index (κ3) is 6.19. The van der Waals surface area contributed by atoms with Gasteiger partial charge in [0.05, 0.1) is 30.6 Å². The van der Waals surface area contributed by atoms with Crippen molar-refractivity contribution in [2.75, 3.05) is 6.61 Å². The van der Waals surface area contributed by atoms with E-state index in [1.54, 1.807) is 30.5 Å². The summed E-state index contributed by atoms with van der Waals surface area (Å²) in [5.74, 6) is 7.17. The summed E-state index contributed by atoms with van der Waals surface area (Å²) >= 11 is 0. The summed E-state index contributed by atoms with van der Waals surface area (Å²) in [6.45, 7) is 8.36. The number of nitriles is 1. The summed E-state index contributed by atoms with van der Waals surface area (Å²) in [4.78, 5) is 16.7. The van der Waals surface area contributed by atoms with Gasteiger partial charge in [-0.05, 0) is 55.3 Å². The fourth-order valence-electron chi connectivity index (χ4n) is 4.09. The van der Waals surface area contributed by atoms with Crippen molar-refractivity contribution in [1.29, 1.82) is 5.26 Å². The maximum absolute atomic E-state index is 12.0. The van der Waals surface area contributed by atoms with Gasteiger partial charge >= 0.3 is 5.97 Å². The van der Waals surface area contributed by atoms with Crippen LogP contribution in [0.1, 0.15) is 68.5 Å². The largest absolute Gasteiger partial charge is 0.489 e. The lowest BCUT2D eigenvalue weighted by atomic mass is 9.96. The lowest BCUT2D eigenvalue weighted by Gasteiger charge is -2.13. The summed E-state index contributed by atoms with van der Waals surface area (Å²) in [5.41, 5.74) is 5.10. The SMILES string of the molecule is CC#C[C@@H](CC(=O)OCC)c1ccc(OCc2cc(-c3ccc(C#N)cc3)c3nc(C(C)C)nn3c2)cc1. The van der Waals surface area contributed by atoms with E-state index in [9.17, 15) is 10.1 Å². The first-order chi connectivity index (χ1) is 18.4. The van der Waals surface area contributed by atoms with Crippen LogP contribution in [-0.4, -0.2) is 27.2 Å². The van der Waals surface area contributed by atoms with E-state index in [1.165, 1.54) is 0 Å². The Bertz CT molecular complexity index is 1520. The molecule has 0 spiro atoms. The normalized spacial score (nSPS) is 11.5. The maximum atomic E-state index is 12.0. The Morgan fingerprint density at radius 3 is 2.47 bits per heavy atom. The molecule has 0 N–H and O–H groups in total. The average Bonchev–Trinajstić information content (AvgIpc) is 3.36. The van der Waals surface area contributed by atoms with Crippen LogP contribution in [0, 0.1) is 23.2 Å². The lowest BCUT2D eigenvalue weighted by Crippen LogP contribution is -2.09. The van der Waals surface area contributed by atoms with Crippen molar-refractivity contribution in [2.45, 2.75) is 52.6 Å². The molecule has 7 heteroatoms. The molecule has 2 aromatic carbocycles. The number of rotatable bonds is 9. The zero-order valence-electron chi connectivity index (χ0n) is 22.1. The molecule has 0 aliphatic rings. The van der Waals surface area contributed by atoms with Crippen molar-refractivity contribution in [3.8, 4) is 34.8 Å². The molecule has 0 aliphatic heterocycles. The predicted octanol–water partition coefficient (Wildman–Crippen LogP) is 6.03. The molecule has 4 rings (SSSR count). The van der Waals surface area contributed by atoms with Crippen LogP contribution in [0.5, 0.6) is 5.75 Å². The van der Waals surface area contributed by atoms with E-state index >= 15 is 0 Å². The molecule has 192 valence electrons. The lowest BCUT2D eigenvalue weighted by molar-refractivity contribution is -0.143. The topological polar surface area (TPSA) is 89.5 Å². The highest BCUT2D eigenvalue weighted by atomic mass is 16.5. The second-order valence-electron chi connectivity index (χ2n) is 9.16. The summed E-state index contributed by atoms with van der Waals surface area (Å²) < 4.78 is 13.0. The minimum absolute atomic E-state index is 0.187. The minimum Gasteiger partial charge on any atom is -0.489 e. The highest BCUT2D eigenvalue weighted by molar-refractivity contribution is 5.78. The standard InChI is InChI=1S/C31H30N4O3/c1-5-7-26(17-29(36)37-6-2)24-12-14-27(15-13-24)38-20-23-16-28(25-10-8-22(18-32)9-11-25)31-33-30(21(3)4)34-35(31)19-23/h8-16,19,21,26H,6,17,20H2,1-4H3/t26-/m0/s1. The number of fused-ring (bicyclic) bond motifs is 1. The zero-order valence-corrected chi connectivity index (χ0v) is 22.1. The Morgan fingerprint density at radius 2 is 1.84 bits per heavy atom. The third-order valence-corrected chi connectivity index (χ3v) is 6.03. The number of hydrogen-bond acceptors (Lipinski definition) is 6. The maximum Gasteiger partial charge on any atom is 0.307 e. The predicted molar refractivity (Wildman–Crippen MR) is 145 cm³/mol. The summed E-state index contributed by atoms with van der Waals surface area (Å²) in [7, 11) is 0. The second-order valence-corrected chi connectivity index (χ2v) is 9.16. The van der Waals surface area contributed by atoms with E-state index in [4.69, 9.17) is 14.5 Å². The first-order valence-corrected chi connectivity index (χ1v) is 12.6. The van der Waals surface area contributed by atoms with Crippen molar-refractivity contribution in [1.82, 2.24) is 14.6 Å². The number of carbonyl (C=O) groups is 1. The molecule has 1 atom stereocenters. The minimum atomic E-state index is -0.261. The van der Waals surface area contributed by atoms with E-state index < -0.39 is 0 Å². The molecular weight excluding hydrogens is 476 g/mol. The van der Waals surface area contributed by atoms with Crippen molar-refractivity contribution < 1.29 is 14.3 Å². The molecule has 0 saturated heterocycles. The second kappa shape index (κ2) is 12.1. The highest BCUT2D eigenvalue weighted by Crippen LogP contribution is 2.28. The van der Waals surface area contributed by atoms with Gasteiger partial charge in [0.2, 0.25) is 0 Å². The van der Waals surface area contributed by atoms with Crippen LogP contribution in [0.3, 0.4) is 0 Å². The number of pyridine rings is 1. The van der Waals surface area contributed by atoms with E-state index in [-0.39, 0.29) is 24.2 Å². The molecular formula is C31H30N4O3. The first kappa shape index (κ1) is 26.4. The molecule has 2 heterocycles. The molecule has 4 aromatic rings. The van der Waals surface area contributed by atoms with Crippen LogP contribution in [0.15, 0.2) is 60.8 Å². The number of ether oxygens (including phenoxy) is 2. The number of nitrogens with zero attached hydrogens (tertiary/aromatic N) is 4. The van der Waals surface area contributed by atoms with E-state index in [0.29, 0.717) is 24.5 Å².